The molecule has 0 bridgehead atoms. The van der Waals surface area contributed by atoms with Crippen LogP contribution in [0.1, 0.15) is 56.9 Å². The highest BCUT2D eigenvalue weighted by Crippen LogP contribution is 2.42. The number of hydrogen-bond acceptors (Lipinski definition) is 2. The summed E-state index contributed by atoms with van der Waals surface area (Å²) in [6.45, 7) is 3.06. The van der Waals surface area contributed by atoms with Crippen LogP contribution >= 0.6 is 0 Å². The molecular formula is C18H26O2. The molecule has 1 heterocycles. The molecule has 0 saturated heterocycles. The Balaban J connectivity index is 1.65. The van der Waals surface area contributed by atoms with Crippen LogP contribution in [0, 0.1) is 11.8 Å². The molecule has 3 rings (SSSR count). The smallest absolute Gasteiger partial charge is 0.122 e. The lowest BCUT2D eigenvalue weighted by Gasteiger charge is -2.34. The number of hydrogen-bond donors (Lipinski definition) is 1. The van der Waals surface area contributed by atoms with Gasteiger partial charge in [0.05, 0.1) is 12.7 Å². The van der Waals surface area contributed by atoms with E-state index < -0.39 is 0 Å². The van der Waals surface area contributed by atoms with Crippen molar-refractivity contribution in [1.29, 1.82) is 0 Å². The molecule has 1 saturated carbocycles. The number of fused-ring (bicyclic) bond motifs is 1. The minimum atomic E-state index is -0.101. The standard InChI is InChI=1S/C18H26O2/c1-2-5-13-8-9-17(19)14(10-13)11-15-12-20-18-7-4-3-6-16(15)18/h3-4,6-7,13-15,17,19H,2,5,8-12H2,1H3. The molecular weight excluding hydrogens is 248 g/mol. The molecule has 20 heavy (non-hydrogen) atoms. The molecule has 0 spiro atoms. The van der Waals surface area contributed by atoms with Gasteiger partial charge in [0.25, 0.3) is 0 Å². The van der Waals surface area contributed by atoms with Crippen LogP contribution in [0.2, 0.25) is 0 Å². The minimum absolute atomic E-state index is 0.101. The maximum Gasteiger partial charge on any atom is 0.122 e. The second-order valence-electron chi connectivity index (χ2n) is 6.58. The van der Waals surface area contributed by atoms with Gasteiger partial charge in [-0.05, 0) is 43.6 Å². The number of aliphatic hydroxyl groups is 1. The van der Waals surface area contributed by atoms with Crippen LogP contribution in [-0.4, -0.2) is 17.8 Å². The lowest BCUT2D eigenvalue weighted by atomic mass is 9.73. The van der Waals surface area contributed by atoms with Crippen molar-refractivity contribution in [2.75, 3.05) is 6.61 Å². The van der Waals surface area contributed by atoms with E-state index in [0.717, 1.165) is 31.1 Å². The topological polar surface area (TPSA) is 29.5 Å². The summed E-state index contributed by atoms with van der Waals surface area (Å²) in [5.74, 6) is 2.81. The van der Waals surface area contributed by atoms with E-state index in [1.54, 1.807) is 0 Å². The molecule has 110 valence electrons. The van der Waals surface area contributed by atoms with Gasteiger partial charge < -0.3 is 9.84 Å². The third kappa shape index (κ3) is 2.85. The number of benzene rings is 1. The fourth-order valence-electron chi connectivity index (χ4n) is 4.06. The first-order valence-corrected chi connectivity index (χ1v) is 8.17. The third-order valence-electron chi connectivity index (χ3n) is 5.13. The predicted molar refractivity (Wildman–Crippen MR) is 81.0 cm³/mol. The molecule has 4 atom stereocenters. The van der Waals surface area contributed by atoms with Crippen LogP contribution in [0.25, 0.3) is 0 Å². The summed E-state index contributed by atoms with van der Waals surface area (Å²) in [4.78, 5) is 0. The van der Waals surface area contributed by atoms with Crippen molar-refractivity contribution >= 4 is 0 Å². The van der Waals surface area contributed by atoms with Crippen LogP contribution in [0.15, 0.2) is 24.3 Å². The quantitative estimate of drug-likeness (QED) is 0.894. The number of aliphatic hydroxyl groups excluding tert-OH is 1. The Kier molecular flexibility index (Phi) is 4.30. The molecule has 1 aliphatic carbocycles. The van der Waals surface area contributed by atoms with Crippen LogP contribution in [0.5, 0.6) is 5.75 Å². The Morgan fingerprint density at radius 3 is 2.95 bits per heavy atom. The van der Waals surface area contributed by atoms with E-state index in [2.05, 4.69) is 25.1 Å². The Morgan fingerprint density at radius 2 is 2.10 bits per heavy atom. The molecule has 2 aliphatic rings. The second kappa shape index (κ2) is 6.17. The first-order valence-electron chi connectivity index (χ1n) is 8.17. The van der Waals surface area contributed by atoms with E-state index in [-0.39, 0.29) is 6.10 Å². The highest BCUT2D eigenvalue weighted by atomic mass is 16.5. The Labute approximate surface area is 122 Å². The van der Waals surface area contributed by atoms with Gasteiger partial charge in [-0.15, -0.1) is 0 Å². The molecule has 1 aromatic carbocycles. The van der Waals surface area contributed by atoms with Gasteiger partial charge in [0.2, 0.25) is 0 Å². The Bertz CT molecular complexity index is 443. The molecule has 1 fully saturated rings. The summed E-state index contributed by atoms with van der Waals surface area (Å²) in [5.41, 5.74) is 1.34. The Hall–Kier alpha value is -1.02. The Morgan fingerprint density at radius 1 is 1.25 bits per heavy atom. The monoisotopic (exact) mass is 274 g/mol. The van der Waals surface area contributed by atoms with Crippen molar-refractivity contribution < 1.29 is 9.84 Å². The highest BCUT2D eigenvalue weighted by molar-refractivity contribution is 5.39. The van der Waals surface area contributed by atoms with E-state index in [9.17, 15) is 5.11 Å². The number of rotatable bonds is 4. The lowest BCUT2D eigenvalue weighted by Crippen LogP contribution is -2.30. The van der Waals surface area contributed by atoms with Gasteiger partial charge in [-0.3, -0.25) is 0 Å². The average Bonchev–Trinajstić information content (AvgIpc) is 2.86. The van der Waals surface area contributed by atoms with Crippen LogP contribution in [0.3, 0.4) is 0 Å². The fourth-order valence-corrected chi connectivity index (χ4v) is 4.06. The summed E-state index contributed by atoms with van der Waals surface area (Å²) in [7, 11) is 0. The van der Waals surface area contributed by atoms with Gasteiger partial charge in [-0.25, -0.2) is 0 Å². The molecule has 1 N–H and O–H groups in total. The van der Waals surface area contributed by atoms with Gasteiger partial charge in [-0.1, -0.05) is 38.0 Å². The first kappa shape index (κ1) is 13.9. The third-order valence-corrected chi connectivity index (χ3v) is 5.13. The molecule has 0 amide bonds. The molecule has 1 aromatic rings. The normalized spacial score (nSPS) is 32.7. The SMILES string of the molecule is CCCC1CCC(O)C(CC2COc3ccccc32)C1. The zero-order chi connectivity index (χ0) is 13.9. The van der Waals surface area contributed by atoms with Gasteiger partial charge in [0.15, 0.2) is 0 Å². The van der Waals surface area contributed by atoms with Crippen molar-refractivity contribution in [2.45, 2.75) is 57.5 Å². The maximum atomic E-state index is 10.3. The van der Waals surface area contributed by atoms with Crippen molar-refractivity contribution in [3.8, 4) is 5.75 Å². The second-order valence-corrected chi connectivity index (χ2v) is 6.58. The number of para-hydroxylation sites is 1. The first-order chi connectivity index (χ1) is 9.78. The zero-order valence-corrected chi connectivity index (χ0v) is 12.4. The molecule has 1 aliphatic heterocycles. The van der Waals surface area contributed by atoms with Gasteiger partial charge >= 0.3 is 0 Å². The zero-order valence-electron chi connectivity index (χ0n) is 12.4. The predicted octanol–water partition coefficient (Wildman–Crippen LogP) is 4.13. The van der Waals surface area contributed by atoms with Gasteiger partial charge in [0.1, 0.15) is 5.75 Å². The van der Waals surface area contributed by atoms with E-state index in [1.807, 2.05) is 6.07 Å². The summed E-state index contributed by atoms with van der Waals surface area (Å²) >= 11 is 0. The molecule has 4 unspecified atom stereocenters. The summed E-state index contributed by atoms with van der Waals surface area (Å²) in [5, 5.41) is 10.3. The summed E-state index contributed by atoms with van der Waals surface area (Å²) < 4.78 is 5.78. The molecule has 0 radical (unpaired) electrons. The average molecular weight is 274 g/mol. The summed E-state index contributed by atoms with van der Waals surface area (Å²) in [6, 6.07) is 8.38. The fraction of sp³-hybridized carbons (Fsp3) is 0.667. The van der Waals surface area contributed by atoms with Gasteiger partial charge in [0, 0.05) is 11.5 Å². The minimum Gasteiger partial charge on any atom is -0.493 e. The van der Waals surface area contributed by atoms with Crippen molar-refractivity contribution in [1.82, 2.24) is 0 Å². The van der Waals surface area contributed by atoms with E-state index in [0.29, 0.717) is 11.8 Å². The largest absolute Gasteiger partial charge is 0.493 e. The van der Waals surface area contributed by atoms with Crippen LogP contribution < -0.4 is 4.74 Å². The number of ether oxygens (including phenoxy) is 1. The van der Waals surface area contributed by atoms with E-state index >= 15 is 0 Å². The molecule has 0 aromatic heterocycles. The van der Waals surface area contributed by atoms with Crippen LogP contribution in [-0.2, 0) is 0 Å². The van der Waals surface area contributed by atoms with Gasteiger partial charge in [-0.2, -0.15) is 0 Å². The van der Waals surface area contributed by atoms with E-state index in [4.69, 9.17) is 4.74 Å². The van der Waals surface area contributed by atoms with Crippen molar-refractivity contribution in [3.05, 3.63) is 29.8 Å². The van der Waals surface area contributed by atoms with E-state index in [1.165, 1.54) is 31.2 Å². The maximum absolute atomic E-state index is 10.3. The molecule has 2 heteroatoms. The molecule has 2 nitrogen and oxygen atoms in total. The van der Waals surface area contributed by atoms with Crippen molar-refractivity contribution in [3.63, 3.8) is 0 Å². The summed E-state index contributed by atoms with van der Waals surface area (Å²) in [6.07, 6.45) is 6.97. The van der Waals surface area contributed by atoms with Crippen molar-refractivity contribution in [2.24, 2.45) is 11.8 Å². The van der Waals surface area contributed by atoms with Crippen LogP contribution in [0.4, 0.5) is 0 Å². The lowest BCUT2D eigenvalue weighted by molar-refractivity contribution is 0.0372. The highest BCUT2D eigenvalue weighted by Gasteiger charge is 2.33.